The van der Waals surface area contributed by atoms with Gasteiger partial charge >= 0.3 is 0 Å². The van der Waals surface area contributed by atoms with Crippen LogP contribution in [-0.4, -0.2) is 49.1 Å². The highest BCUT2D eigenvalue weighted by molar-refractivity contribution is 6.04. The highest BCUT2D eigenvalue weighted by Gasteiger charge is 2.23. The van der Waals surface area contributed by atoms with Crippen molar-refractivity contribution in [2.24, 2.45) is 0 Å². The molecule has 3 aromatic rings. The normalized spacial score (nSPS) is 14.9. The number of para-hydroxylation sites is 1. The van der Waals surface area contributed by atoms with Gasteiger partial charge in [-0.25, -0.2) is 0 Å². The van der Waals surface area contributed by atoms with E-state index in [9.17, 15) is 9.59 Å². The summed E-state index contributed by atoms with van der Waals surface area (Å²) < 4.78 is 11.2. The summed E-state index contributed by atoms with van der Waals surface area (Å²) in [7, 11) is 0. The second-order valence-electron chi connectivity index (χ2n) is 7.21. The van der Waals surface area contributed by atoms with Crippen molar-refractivity contribution in [1.82, 2.24) is 4.90 Å². The molecule has 6 heteroatoms. The molecule has 1 atom stereocenters. The minimum atomic E-state index is -0.724. The molecular formula is C24H24N2O4. The second kappa shape index (κ2) is 8.97. The fourth-order valence-corrected chi connectivity index (χ4v) is 3.45. The summed E-state index contributed by atoms with van der Waals surface area (Å²) in [6, 6.07) is 20.7. The maximum atomic E-state index is 12.9. The zero-order valence-corrected chi connectivity index (χ0v) is 16.8. The molecule has 3 aromatic carbocycles. The van der Waals surface area contributed by atoms with Gasteiger partial charge in [0.15, 0.2) is 6.10 Å². The van der Waals surface area contributed by atoms with Crippen molar-refractivity contribution < 1.29 is 19.1 Å². The molecule has 1 aliphatic heterocycles. The van der Waals surface area contributed by atoms with Gasteiger partial charge in [-0.15, -0.1) is 0 Å². The Balaban J connectivity index is 1.45. The lowest BCUT2D eigenvalue weighted by Gasteiger charge is -2.27. The van der Waals surface area contributed by atoms with Crippen LogP contribution in [0.15, 0.2) is 66.7 Å². The summed E-state index contributed by atoms with van der Waals surface area (Å²) in [5, 5.41) is 5.00. The first-order chi connectivity index (χ1) is 14.6. The van der Waals surface area contributed by atoms with Crippen LogP contribution in [0.5, 0.6) is 5.75 Å². The fourth-order valence-electron chi connectivity index (χ4n) is 3.45. The molecule has 1 aliphatic rings. The third-order valence-corrected chi connectivity index (χ3v) is 5.12. The minimum absolute atomic E-state index is 0.114. The van der Waals surface area contributed by atoms with Crippen molar-refractivity contribution in [3.05, 3.63) is 72.3 Å². The quantitative estimate of drug-likeness (QED) is 0.704. The Hall–Kier alpha value is -3.38. The number of anilines is 1. The Labute approximate surface area is 175 Å². The third-order valence-electron chi connectivity index (χ3n) is 5.12. The third kappa shape index (κ3) is 4.44. The monoisotopic (exact) mass is 404 g/mol. The minimum Gasteiger partial charge on any atom is -0.481 e. The van der Waals surface area contributed by atoms with E-state index in [1.54, 1.807) is 36.1 Å². The first-order valence-corrected chi connectivity index (χ1v) is 10.0. The van der Waals surface area contributed by atoms with Gasteiger partial charge in [-0.3, -0.25) is 9.59 Å². The lowest BCUT2D eigenvalue weighted by Crippen LogP contribution is -2.41. The van der Waals surface area contributed by atoms with E-state index < -0.39 is 6.10 Å². The molecule has 2 amide bonds. The zero-order chi connectivity index (χ0) is 20.9. The van der Waals surface area contributed by atoms with Gasteiger partial charge in [0, 0.05) is 13.1 Å². The average Bonchev–Trinajstić information content (AvgIpc) is 2.79. The molecule has 1 fully saturated rings. The molecule has 1 heterocycles. The van der Waals surface area contributed by atoms with Gasteiger partial charge in [-0.1, -0.05) is 42.5 Å². The van der Waals surface area contributed by atoms with E-state index >= 15 is 0 Å². The molecule has 0 spiro atoms. The number of nitrogens with one attached hydrogen (secondary N) is 1. The highest BCUT2D eigenvalue weighted by Crippen LogP contribution is 2.22. The van der Waals surface area contributed by atoms with Crippen molar-refractivity contribution >= 4 is 28.3 Å². The molecule has 0 aliphatic carbocycles. The molecular weight excluding hydrogens is 380 g/mol. The number of benzene rings is 3. The lowest BCUT2D eigenvalue weighted by atomic mass is 10.1. The summed E-state index contributed by atoms with van der Waals surface area (Å²) in [6.07, 6.45) is -0.724. The summed E-state index contributed by atoms with van der Waals surface area (Å²) >= 11 is 0. The first-order valence-electron chi connectivity index (χ1n) is 10.0. The second-order valence-corrected chi connectivity index (χ2v) is 7.21. The molecule has 1 unspecified atom stereocenters. The molecule has 1 saturated heterocycles. The zero-order valence-electron chi connectivity index (χ0n) is 16.8. The van der Waals surface area contributed by atoms with Crippen molar-refractivity contribution in [3.63, 3.8) is 0 Å². The van der Waals surface area contributed by atoms with Gasteiger partial charge in [-0.2, -0.15) is 0 Å². The van der Waals surface area contributed by atoms with Crippen LogP contribution < -0.4 is 10.1 Å². The maximum Gasteiger partial charge on any atom is 0.265 e. The summed E-state index contributed by atoms with van der Waals surface area (Å²) in [5.74, 6) is 0.191. The molecule has 30 heavy (non-hydrogen) atoms. The number of nitrogens with zero attached hydrogens (tertiary/aromatic N) is 1. The average molecular weight is 404 g/mol. The predicted molar refractivity (Wildman–Crippen MR) is 116 cm³/mol. The Kier molecular flexibility index (Phi) is 5.95. The van der Waals surface area contributed by atoms with Crippen molar-refractivity contribution in [2.45, 2.75) is 13.0 Å². The number of amides is 2. The molecule has 0 radical (unpaired) electrons. The van der Waals surface area contributed by atoms with Crippen molar-refractivity contribution in [2.75, 3.05) is 31.6 Å². The first kappa shape index (κ1) is 19.9. The molecule has 0 aromatic heterocycles. The number of hydrogen-bond acceptors (Lipinski definition) is 4. The van der Waals surface area contributed by atoms with Gasteiger partial charge in [0.1, 0.15) is 5.75 Å². The Bertz CT molecular complexity index is 1060. The SMILES string of the molecule is CC(Oc1ccc2ccccc2c1)C(=O)Nc1ccccc1C(=O)N1CCOCC1. The van der Waals surface area contributed by atoms with E-state index in [1.807, 2.05) is 42.5 Å². The van der Waals surface area contributed by atoms with Crippen molar-refractivity contribution in [1.29, 1.82) is 0 Å². The predicted octanol–water partition coefficient (Wildman–Crippen LogP) is 3.72. The van der Waals surface area contributed by atoms with E-state index in [1.165, 1.54) is 0 Å². The van der Waals surface area contributed by atoms with Gasteiger partial charge in [0.25, 0.3) is 11.8 Å². The number of morpholine rings is 1. The van der Waals surface area contributed by atoms with Crippen LogP contribution in [0.25, 0.3) is 10.8 Å². The number of fused-ring (bicyclic) bond motifs is 1. The Morgan fingerprint density at radius 1 is 0.967 bits per heavy atom. The van der Waals surface area contributed by atoms with E-state index in [0.717, 1.165) is 10.8 Å². The van der Waals surface area contributed by atoms with Crippen LogP contribution in [0.3, 0.4) is 0 Å². The van der Waals surface area contributed by atoms with Crippen LogP contribution in [-0.2, 0) is 9.53 Å². The number of carbonyl (C=O) groups is 2. The van der Waals surface area contributed by atoms with Gasteiger partial charge in [0.05, 0.1) is 24.5 Å². The molecule has 0 bridgehead atoms. The van der Waals surface area contributed by atoms with Crippen LogP contribution >= 0.6 is 0 Å². The van der Waals surface area contributed by atoms with Crippen molar-refractivity contribution in [3.8, 4) is 5.75 Å². The van der Waals surface area contributed by atoms with Crippen LogP contribution in [0.4, 0.5) is 5.69 Å². The Morgan fingerprint density at radius 3 is 2.47 bits per heavy atom. The smallest absolute Gasteiger partial charge is 0.265 e. The molecule has 0 saturated carbocycles. The Morgan fingerprint density at radius 2 is 1.67 bits per heavy atom. The van der Waals surface area contributed by atoms with E-state index in [4.69, 9.17) is 9.47 Å². The van der Waals surface area contributed by atoms with Gasteiger partial charge < -0.3 is 19.7 Å². The summed E-state index contributed by atoms with van der Waals surface area (Å²) in [5.41, 5.74) is 0.943. The van der Waals surface area contributed by atoms with E-state index in [-0.39, 0.29) is 11.8 Å². The summed E-state index contributed by atoms with van der Waals surface area (Å²) in [4.78, 5) is 27.4. The fraction of sp³-hybridized carbons (Fsp3) is 0.250. The van der Waals surface area contributed by atoms with E-state index in [0.29, 0.717) is 43.3 Å². The van der Waals surface area contributed by atoms with Crippen LogP contribution in [0.1, 0.15) is 17.3 Å². The lowest BCUT2D eigenvalue weighted by molar-refractivity contribution is -0.122. The molecule has 154 valence electrons. The van der Waals surface area contributed by atoms with Crippen LogP contribution in [0, 0.1) is 0 Å². The topological polar surface area (TPSA) is 67.9 Å². The van der Waals surface area contributed by atoms with E-state index in [2.05, 4.69) is 5.32 Å². The number of carbonyl (C=O) groups excluding carboxylic acids is 2. The molecule has 4 rings (SSSR count). The number of rotatable bonds is 5. The largest absolute Gasteiger partial charge is 0.481 e. The molecule has 6 nitrogen and oxygen atoms in total. The summed E-state index contributed by atoms with van der Waals surface area (Å²) in [6.45, 7) is 3.83. The standard InChI is InChI=1S/C24H24N2O4/c1-17(30-20-11-10-18-6-2-3-7-19(18)16-20)23(27)25-22-9-5-4-8-21(22)24(28)26-12-14-29-15-13-26/h2-11,16-17H,12-15H2,1H3,(H,25,27). The number of hydrogen-bond donors (Lipinski definition) is 1. The van der Waals surface area contributed by atoms with Crippen LogP contribution in [0.2, 0.25) is 0 Å². The maximum absolute atomic E-state index is 12.9. The molecule has 1 N–H and O–H groups in total. The van der Waals surface area contributed by atoms with Gasteiger partial charge in [-0.05, 0) is 42.0 Å². The van der Waals surface area contributed by atoms with Gasteiger partial charge in [0.2, 0.25) is 0 Å². The number of ether oxygens (including phenoxy) is 2. The highest BCUT2D eigenvalue weighted by atomic mass is 16.5.